The van der Waals surface area contributed by atoms with Crippen molar-refractivity contribution in [2.75, 3.05) is 5.32 Å². The van der Waals surface area contributed by atoms with Crippen molar-refractivity contribution in [3.05, 3.63) is 63.7 Å². The van der Waals surface area contributed by atoms with Gasteiger partial charge in [0.25, 0.3) is 0 Å². The molecule has 0 bridgehead atoms. The lowest BCUT2D eigenvalue weighted by molar-refractivity contribution is -0.117. The Morgan fingerprint density at radius 2 is 1.83 bits per heavy atom. The Morgan fingerprint density at radius 3 is 2.50 bits per heavy atom. The van der Waals surface area contributed by atoms with Crippen molar-refractivity contribution in [2.24, 2.45) is 0 Å². The lowest BCUT2D eigenvalue weighted by atomic mass is 10.0. The Bertz CT molecular complexity index is 539. The first kappa shape index (κ1) is 13.1. The molecule has 0 spiro atoms. The average Bonchev–Trinajstić information content (AvgIpc) is 2.39. The molecule has 0 aliphatic heterocycles. The van der Waals surface area contributed by atoms with Gasteiger partial charge in [0.15, 0.2) is 0 Å². The highest BCUT2D eigenvalue weighted by Crippen LogP contribution is 2.18. The number of hydrogen-bond acceptors (Lipinski definition) is 1. The predicted octanol–water partition coefficient (Wildman–Crippen LogP) is 4.03. The Labute approximate surface area is 121 Å². The van der Waals surface area contributed by atoms with E-state index in [9.17, 15) is 4.79 Å². The molecular weight excluding hydrogens is 337 g/mol. The van der Waals surface area contributed by atoms with E-state index in [1.54, 1.807) is 0 Å². The van der Waals surface area contributed by atoms with Gasteiger partial charge in [0.1, 0.15) is 0 Å². The molecule has 0 heterocycles. The first-order chi connectivity index (χ1) is 8.66. The van der Waals surface area contributed by atoms with Gasteiger partial charge in [0.2, 0.25) is 5.91 Å². The van der Waals surface area contributed by atoms with Crippen molar-refractivity contribution in [2.45, 2.75) is 12.8 Å². The molecule has 1 amide bonds. The topological polar surface area (TPSA) is 29.1 Å². The summed E-state index contributed by atoms with van der Waals surface area (Å²) in [6.07, 6.45) is 0. The van der Waals surface area contributed by atoms with Crippen LogP contribution in [0.3, 0.4) is 0 Å². The summed E-state index contributed by atoms with van der Waals surface area (Å²) in [4.78, 5) is 12.1. The highest BCUT2D eigenvalue weighted by molar-refractivity contribution is 14.1. The maximum atomic E-state index is 12.1. The maximum absolute atomic E-state index is 12.1. The Kier molecular flexibility index (Phi) is 4.36. The molecule has 2 nitrogen and oxygen atoms in total. The number of nitrogens with one attached hydrogen (secondary N) is 1. The zero-order valence-corrected chi connectivity index (χ0v) is 12.2. The molecule has 3 heteroatoms. The molecule has 0 saturated carbocycles. The number of carbonyl (C=O) groups is 1. The van der Waals surface area contributed by atoms with E-state index >= 15 is 0 Å². The summed E-state index contributed by atoms with van der Waals surface area (Å²) in [5, 5.41) is 2.94. The quantitative estimate of drug-likeness (QED) is 0.831. The molecule has 0 aromatic heterocycles. The van der Waals surface area contributed by atoms with Crippen molar-refractivity contribution >= 4 is 34.2 Å². The largest absolute Gasteiger partial charge is 0.326 e. The molecule has 1 N–H and O–H groups in total. The molecule has 2 aromatic rings. The number of benzene rings is 2. The minimum atomic E-state index is -0.149. The van der Waals surface area contributed by atoms with E-state index in [0.29, 0.717) is 0 Å². The van der Waals surface area contributed by atoms with Crippen LogP contribution >= 0.6 is 22.6 Å². The minimum absolute atomic E-state index is 0.0169. The fourth-order valence-electron chi connectivity index (χ4n) is 1.71. The average molecular weight is 351 g/mol. The lowest BCUT2D eigenvalue weighted by Crippen LogP contribution is -2.18. The van der Waals surface area contributed by atoms with Gasteiger partial charge in [-0.1, -0.05) is 36.4 Å². The molecule has 0 fully saturated rings. The van der Waals surface area contributed by atoms with Crippen molar-refractivity contribution < 1.29 is 4.79 Å². The predicted molar refractivity (Wildman–Crippen MR) is 82.6 cm³/mol. The Balaban J connectivity index is 2.09. The molecule has 1 atom stereocenters. The number of carbonyl (C=O) groups excluding carboxylic acids is 1. The van der Waals surface area contributed by atoms with Gasteiger partial charge in [-0.25, -0.2) is 0 Å². The summed E-state index contributed by atoms with van der Waals surface area (Å²) in [5.41, 5.74) is 1.87. The van der Waals surface area contributed by atoms with Crippen molar-refractivity contribution in [3.63, 3.8) is 0 Å². The Hall–Kier alpha value is -1.36. The first-order valence-electron chi connectivity index (χ1n) is 5.78. The van der Waals surface area contributed by atoms with Gasteiger partial charge in [-0.3, -0.25) is 4.79 Å². The van der Waals surface area contributed by atoms with E-state index in [2.05, 4.69) is 27.9 Å². The van der Waals surface area contributed by atoms with Gasteiger partial charge in [-0.05, 0) is 53.3 Å². The zero-order valence-electron chi connectivity index (χ0n) is 10.1. The van der Waals surface area contributed by atoms with Gasteiger partial charge in [0.05, 0.1) is 5.92 Å². The summed E-state index contributed by atoms with van der Waals surface area (Å²) < 4.78 is 1.11. The first-order valence-corrected chi connectivity index (χ1v) is 6.86. The second-order valence-corrected chi connectivity index (χ2v) is 5.38. The standard InChI is InChI=1S/C15H14INO/c1-11(12-6-3-2-4-7-12)15(18)17-14-9-5-8-13(16)10-14/h2-11H,1H3,(H,17,18). The third-order valence-corrected chi connectivity index (χ3v) is 3.46. The van der Waals surface area contributed by atoms with Crippen LogP contribution in [0.5, 0.6) is 0 Å². The number of amides is 1. The van der Waals surface area contributed by atoms with E-state index in [4.69, 9.17) is 0 Å². The summed E-state index contributed by atoms with van der Waals surface area (Å²) >= 11 is 2.23. The van der Waals surface area contributed by atoms with Crippen molar-refractivity contribution in [1.82, 2.24) is 0 Å². The third-order valence-electron chi connectivity index (χ3n) is 2.79. The van der Waals surface area contributed by atoms with Crippen LogP contribution in [-0.2, 0) is 4.79 Å². The van der Waals surface area contributed by atoms with E-state index in [1.165, 1.54) is 0 Å². The van der Waals surface area contributed by atoms with Gasteiger partial charge < -0.3 is 5.32 Å². The molecule has 0 saturated heterocycles. The normalized spacial score (nSPS) is 11.9. The van der Waals surface area contributed by atoms with E-state index in [0.717, 1.165) is 14.8 Å². The fourth-order valence-corrected chi connectivity index (χ4v) is 2.25. The van der Waals surface area contributed by atoms with Gasteiger partial charge in [-0.15, -0.1) is 0 Å². The summed E-state index contributed by atoms with van der Waals surface area (Å²) in [6, 6.07) is 17.6. The van der Waals surface area contributed by atoms with Crippen LogP contribution in [0.2, 0.25) is 0 Å². The lowest BCUT2D eigenvalue weighted by Gasteiger charge is -2.12. The molecule has 18 heavy (non-hydrogen) atoms. The van der Waals surface area contributed by atoms with Crippen molar-refractivity contribution in [3.8, 4) is 0 Å². The molecule has 1 unspecified atom stereocenters. The van der Waals surface area contributed by atoms with Gasteiger partial charge >= 0.3 is 0 Å². The second-order valence-electron chi connectivity index (χ2n) is 4.13. The monoisotopic (exact) mass is 351 g/mol. The highest BCUT2D eigenvalue weighted by atomic mass is 127. The van der Waals surface area contributed by atoms with Crippen LogP contribution < -0.4 is 5.32 Å². The molecule has 0 radical (unpaired) electrons. The highest BCUT2D eigenvalue weighted by Gasteiger charge is 2.14. The van der Waals surface area contributed by atoms with E-state index in [1.807, 2.05) is 61.5 Å². The molecule has 2 rings (SSSR count). The van der Waals surface area contributed by atoms with E-state index in [-0.39, 0.29) is 11.8 Å². The van der Waals surface area contributed by atoms with E-state index < -0.39 is 0 Å². The van der Waals surface area contributed by atoms with Crippen LogP contribution in [0.25, 0.3) is 0 Å². The zero-order chi connectivity index (χ0) is 13.0. The number of hydrogen-bond donors (Lipinski definition) is 1. The van der Waals surface area contributed by atoms with Crippen molar-refractivity contribution in [1.29, 1.82) is 0 Å². The molecule has 2 aromatic carbocycles. The molecule has 92 valence electrons. The fraction of sp³-hybridized carbons (Fsp3) is 0.133. The van der Waals surface area contributed by atoms with Crippen LogP contribution in [0.1, 0.15) is 18.4 Å². The second kappa shape index (κ2) is 6.00. The number of anilines is 1. The smallest absolute Gasteiger partial charge is 0.231 e. The number of halogens is 1. The summed E-state index contributed by atoms with van der Waals surface area (Å²) in [6.45, 7) is 1.92. The maximum Gasteiger partial charge on any atom is 0.231 e. The van der Waals surface area contributed by atoms with Gasteiger partial charge in [0, 0.05) is 9.26 Å². The summed E-state index contributed by atoms with van der Waals surface area (Å²) in [5.74, 6) is -0.132. The third kappa shape index (κ3) is 3.32. The molecular formula is C15H14INO. The van der Waals surface area contributed by atoms with Crippen LogP contribution in [0, 0.1) is 3.57 Å². The summed E-state index contributed by atoms with van der Waals surface area (Å²) in [7, 11) is 0. The van der Waals surface area contributed by atoms with Crippen LogP contribution in [-0.4, -0.2) is 5.91 Å². The van der Waals surface area contributed by atoms with Crippen LogP contribution in [0.15, 0.2) is 54.6 Å². The minimum Gasteiger partial charge on any atom is -0.326 e. The molecule has 0 aliphatic rings. The SMILES string of the molecule is CC(C(=O)Nc1cccc(I)c1)c1ccccc1. The van der Waals surface area contributed by atoms with Gasteiger partial charge in [-0.2, -0.15) is 0 Å². The number of rotatable bonds is 3. The Morgan fingerprint density at radius 1 is 1.11 bits per heavy atom. The molecule has 0 aliphatic carbocycles. The van der Waals surface area contributed by atoms with Crippen LogP contribution in [0.4, 0.5) is 5.69 Å².